The summed E-state index contributed by atoms with van der Waals surface area (Å²) in [5.74, 6) is -2.01. The van der Waals surface area contributed by atoms with Gasteiger partial charge in [0.25, 0.3) is 0 Å². The van der Waals surface area contributed by atoms with E-state index < -0.39 is 191 Å². The summed E-state index contributed by atoms with van der Waals surface area (Å²) in [6, 6.07) is -1.17. The molecule has 0 fully saturated rings. The van der Waals surface area contributed by atoms with Crippen molar-refractivity contribution in [3.8, 4) is 11.5 Å². The highest BCUT2D eigenvalue weighted by atomic mass is 31.1. The molecule has 410 valence electrons. The van der Waals surface area contributed by atoms with Gasteiger partial charge in [-0.25, -0.2) is 0 Å². The van der Waals surface area contributed by atoms with Crippen molar-refractivity contribution in [3.63, 3.8) is 0 Å². The van der Waals surface area contributed by atoms with Crippen molar-refractivity contribution >= 4 is 47.7 Å². The average molecular weight is 1150 g/mol. The largest absolute Gasteiger partial charge is 0.493 e. The molecular weight excluding hydrogens is 1110 g/mol. The lowest BCUT2D eigenvalue weighted by Crippen LogP contribution is -2.30. The summed E-state index contributed by atoms with van der Waals surface area (Å²) in [6.45, 7) is -1.27. The van der Waals surface area contributed by atoms with Gasteiger partial charge in [-0.1, -0.05) is 32.1 Å². The van der Waals surface area contributed by atoms with Crippen LogP contribution in [0.5, 0.6) is 11.5 Å². The first kappa shape index (κ1) is 59.1. The predicted molar refractivity (Wildman–Crippen MR) is 227 cm³/mol. The molecule has 0 saturated carbocycles. The number of hydrogen-bond acceptors (Lipinski definition) is 2. The summed E-state index contributed by atoms with van der Waals surface area (Å²) >= 11 is 0. The summed E-state index contributed by atoms with van der Waals surface area (Å²) in [7, 11) is -7.57. The van der Waals surface area contributed by atoms with Crippen molar-refractivity contribution in [1.29, 1.82) is 0 Å². The van der Waals surface area contributed by atoms with Crippen LogP contribution in [0.15, 0.2) is 84.9 Å². The Labute approximate surface area is 410 Å². The maximum Gasteiger partial charge on any atom is 0.416 e. The minimum atomic E-state index is -5.73. The molecule has 7 rings (SSSR count). The van der Waals surface area contributed by atoms with Gasteiger partial charge in [0.05, 0.1) is 57.7 Å². The third-order valence-corrected chi connectivity index (χ3v) is 15.9. The Morgan fingerprint density at radius 2 is 0.413 bits per heavy atom. The van der Waals surface area contributed by atoms with Gasteiger partial charge in [0.1, 0.15) is 11.5 Å². The molecule has 2 nitrogen and oxygen atoms in total. The fourth-order valence-corrected chi connectivity index (χ4v) is 12.7. The molecule has 2 aliphatic heterocycles. The molecule has 0 amide bonds. The SMILES string of the molecule is FC(F)(F)c1cc(P(c2cc(C(F)(F)F)cc(C(F)(F)F)c2)c2cc3c(P(c4cc(C(F)(F)F)cc(C(F)(F)F)c4)c4cc(C(F)(F)F)cc(C(F)(F)F)c4)cc2OCCCCCCCCCO3)cc(C(F)(F)F)c1. The zero-order chi connectivity index (χ0) is 56.1. The summed E-state index contributed by atoms with van der Waals surface area (Å²) in [6.07, 6.45) is -44.1. The first-order valence-corrected chi connectivity index (χ1v) is 24.1. The van der Waals surface area contributed by atoms with Crippen LogP contribution in [-0.2, 0) is 49.4 Å². The third kappa shape index (κ3) is 14.7. The summed E-state index contributed by atoms with van der Waals surface area (Å²) in [4.78, 5) is 0. The van der Waals surface area contributed by atoms with Crippen molar-refractivity contribution in [3.05, 3.63) is 129 Å². The van der Waals surface area contributed by atoms with E-state index in [0.717, 1.165) is 0 Å². The minimum absolute atomic E-state index is 0.0509. The summed E-state index contributed by atoms with van der Waals surface area (Å²) in [5.41, 5.74) is -17.3. The Morgan fingerprint density at radius 1 is 0.240 bits per heavy atom. The molecule has 0 aliphatic carbocycles. The number of hydrogen-bond donors (Lipinski definition) is 0. The molecular formula is C47H32F24O2P2. The zero-order valence-electron chi connectivity index (χ0n) is 37.2. The van der Waals surface area contributed by atoms with Crippen LogP contribution in [0.4, 0.5) is 105 Å². The highest BCUT2D eigenvalue weighted by Gasteiger charge is 2.44. The Balaban J connectivity index is 1.88. The second-order valence-corrected chi connectivity index (χ2v) is 21.1. The van der Waals surface area contributed by atoms with Crippen LogP contribution in [0.25, 0.3) is 0 Å². The van der Waals surface area contributed by atoms with E-state index in [-0.39, 0.29) is 74.2 Å². The number of rotatable bonds is 6. The molecule has 2 bridgehead atoms. The zero-order valence-corrected chi connectivity index (χ0v) is 39.0. The summed E-state index contributed by atoms with van der Waals surface area (Å²) < 4.78 is 360. The lowest BCUT2D eigenvalue weighted by atomic mass is 10.1. The van der Waals surface area contributed by atoms with Gasteiger partial charge in [-0.15, -0.1) is 0 Å². The minimum Gasteiger partial charge on any atom is -0.493 e. The normalized spacial score (nSPS) is 15.4. The molecule has 5 aromatic rings. The monoisotopic (exact) mass is 1150 g/mol. The molecule has 2 heterocycles. The van der Waals surface area contributed by atoms with E-state index in [1.165, 1.54) is 0 Å². The standard InChI is InChI=1S/C47H32F24O2P2/c48-40(49,50)24-10-25(41(51,52)53)15-32(14-24)74(33-16-26(42(54,55)56)11-27(17-33)43(57,58)59)38-23-37-39(22-36(38)72-8-6-4-2-1-3-5-7-9-73-37)75(34-18-28(44(60,61)62)12-29(19-34)45(63,64)65)35-20-30(46(66,67)68)13-31(21-35)47(69,70)71/h10-23H,1-9H2. The van der Waals surface area contributed by atoms with Crippen molar-refractivity contribution in [1.82, 2.24) is 0 Å². The molecule has 0 aromatic heterocycles. The van der Waals surface area contributed by atoms with Gasteiger partial charge in [0.2, 0.25) is 0 Å². The number of alkyl halides is 24. The molecule has 0 spiro atoms. The Morgan fingerprint density at radius 3 is 0.587 bits per heavy atom. The van der Waals surface area contributed by atoms with E-state index in [1.807, 2.05) is 0 Å². The highest BCUT2D eigenvalue weighted by molar-refractivity contribution is 7.80. The average Bonchev–Trinajstić information content (AvgIpc) is 3.27. The fraction of sp³-hybridized carbons (Fsp3) is 0.362. The van der Waals surface area contributed by atoms with Crippen LogP contribution >= 0.6 is 15.8 Å². The van der Waals surface area contributed by atoms with Gasteiger partial charge >= 0.3 is 49.4 Å². The third-order valence-electron chi connectivity index (χ3n) is 11.1. The number of halogens is 24. The topological polar surface area (TPSA) is 18.5 Å². The van der Waals surface area contributed by atoms with Crippen molar-refractivity contribution in [2.75, 3.05) is 13.2 Å². The molecule has 75 heavy (non-hydrogen) atoms. The van der Waals surface area contributed by atoms with Crippen LogP contribution in [0.1, 0.15) is 89.5 Å². The van der Waals surface area contributed by atoms with Crippen LogP contribution in [0.3, 0.4) is 0 Å². The Kier molecular flexibility index (Phi) is 16.8. The van der Waals surface area contributed by atoms with Gasteiger partial charge in [0.15, 0.2) is 0 Å². The van der Waals surface area contributed by atoms with Gasteiger partial charge in [-0.05, 0) is 135 Å². The lowest BCUT2D eigenvalue weighted by Gasteiger charge is -2.29. The van der Waals surface area contributed by atoms with Gasteiger partial charge in [-0.3, -0.25) is 0 Å². The van der Waals surface area contributed by atoms with Crippen LogP contribution in [-0.4, -0.2) is 13.2 Å². The molecule has 5 aromatic carbocycles. The van der Waals surface area contributed by atoms with Crippen molar-refractivity contribution < 1.29 is 115 Å². The quantitative estimate of drug-likeness (QED) is 0.125. The predicted octanol–water partition coefficient (Wildman–Crippen LogP) is 15.9. The second-order valence-electron chi connectivity index (χ2n) is 16.7. The van der Waals surface area contributed by atoms with Crippen LogP contribution < -0.4 is 41.3 Å². The molecule has 28 heteroatoms. The van der Waals surface area contributed by atoms with E-state index in [2.05, 4.69) is 0 Å². The second kappa shape index (κ2) is 21.4. The number of fused-ring (bicyclic) bond motifs is 12. The van der Waals surface area contributed by atoms with Crippen molar-refractivity contribution in [2.24, 2.45) is 0 Å². The molecule has 2 aliphatic rings. The molecule has 0 unspecified atom stereocenters. The first-order chi connectivity index (χ1) is 34.2. The van der Waals surface area contributed by atoms with Crippen LogP contribution in [0, 0.1) is 0 Å². The first-order valence-electron chi connectivity index (χ1n) is 21.4. The Bertz CT molecular complexity index is 2360. The van der Waals surface area contributed by atoms with E-state index in [9.17, 15) is 105 Å². The van der Waals surface area contributed by atoms with Gasteiger partial charge in [-0.2, -0.15) is 105 Å². The Hall–Kier alpha value is -5.12. The van der Waals surface area contributed by atoms with E-state index in [1.54, 1.807) is 0 Å². The maximum absolute atomic E-state index is 14.5. The van der Waals surface area contributed by atoms with Gasteiger partial charge in [0, 0.05) is 10.6 Å². The van der Waals surface area contributed by atoms with Crippen LogP contribution in [0.2, 0.25) is 0 Å². The number of benzene rings is 5. The maximum atomic E-state index is 14.5. The van der Waals surface area contributed by atoms with Gasteiger partial charge < -0.3 is 9.47 Å². The smallest absolute Gasteiger partial charge is 0.416 e. The van der Waals surface area contributed by atoms with E-state index >= 15 is 0 Å². The molecule has 0 N–H and O–H groups in total. The lowest BCUT2D eigenvalue weighted by molar-refractivity contribution is -0.144. The molecule has 0 saturated heterocycles. The fourth-order valence-electron chi connectivity index (χ4n) is 7.70. The molecule has 0 atom stereocenters. The highest BCUT2D eigenvalue weighted by Crippen LogP contribution is 2.49. The van der Waals surface area contributed by atoms with Crippen molar-refractivity contribution in [2.45, 2.75) is 94.4 Å². The van der Waals surface area contributed by atoms with E-state index in [4.69, 9.17) is 9.47 Å². The molecule has 0 radical (unpaired) electrons. The summed E-state index contributed by atoms with van der Waals surface area (Å²) in [5, 5.41) is -7.08. The number of ether oxygens (including phenoxy) is 2. The van der Waals surface area contributed by atoms with E-state index in [0.29, 0.717) is 31.4 Å².